The molecule has 2 nitrogen and oxygen atoms in total. The smallest absolute Gasteiger partial charge is 0.159 e. The number of rotatable bonds is 1. The summed E-state index contributed by atoms with van der Waals surface area (Å²) >= 11 is 0. The van der Waals surface area contributed by atoms with Gasteiger partial charge in [0, 0.05) is 5.56 Å². The molecule has 1 N–H and O–H groups in total. The molecule has 0 aliphatic rings. The normalized spacial score (nSPS) is 10.4. The highest BCUT2D eigenvalue weighted by atomic mass is 16.3. The number of carbonyl (C=O) groups excluding carboxylic acids is 1. The zero-order valence-electron chi connectivity index (χ0n) is 7.82. The van der Waals surface area contributed by atoms with E-state index in [-0.39, 0.29) is 11.5 Å². The van der Waals surface area contributed by atoms with Gasteiger partial charge in [-0.15, -0.1) is 0 Å². The van der Waals surface area contributed by atoms with E-state index in [2.05, 4.69) is 0 Å². The van der Waals surface area contributed by atoms with Crippen LogP contribution >= 0.6 is 0 Å². The predicted molar refractivity (Wildman–Crippen MR) is 55.6 cm³/mol. The van der Waals surface area contributed by atoms with E-state index >= 15 is 0 Å². The Kier molecular flexibility index (Phi) is 1.97. The van der Waals surface area contributed by atoms with Gasteiger partial charge < -0.3 is 5.11 Å². The SMILES string of the molecule is CC(=O)c1ccc2cc(O)ccc2c1. The largest absolute Gasteiger partial charge is 0.508 e. The summed E-state index contributed by atoms with van der Waals surface area (Å²) in [6.45, 7) is 1.54. The van der Waals surface area contributed by atoms with Crippen molar-refractivity contribution < 1.29 is 9.90 Å². The van der Waals surface area contributed by atoms with Gasteiger partial charge in [-0.1, -0.05) is 18.2 Å². The van der Waals surface area contributed by atoms with E-state index in [1.165, 1.54) is 0 Å². The molecule has 0 unspecified atom stereocenters. The lowest BCUT2D eigenvalue weighted by Gasteiger charge is -2.00. The number of benzene rings is 2. The van der Waals surface area contributed by atoms with E-state index in [4.69, 9.17) is 0 Å². The highest BCUT2D eigenvalue weighted by Gasteiger charge is 2.00. The van der Waals surface area contributed by atoms with Crippen molar-refractivity contribution in [1.29, 1.82) is 0 Å². The zero-order chi connectivity index (χ0) is 10.1. The van der Waals surface area contributed by atoms with Gasteiger partial charge in [-0.2, -0.15) is 0 Å². The second kappa shape index (κ2) is 3.14. The lowest BCUT2D eigenvalue weighted by molar-refractivity contribution is 0.101. The topological polar surface area (TPSA) is 37.3 Å². The molecule has 0 saturated heterocycles. The van der Waals surface area contributed by atoms with Crippen LogP contribution in [0.2, 0.25) is 0 Å². The number of ketones is 1. The van der Waals surface area contributed by atoms with Crippen molar-refractivity contribution >= 4 is 16.6 Å². The van der Waals surface area contributed by atoms with Crippen molar-refractivity contribution in [3.63, 3.8) is 0 Å². The van der Waals surface area contributed by atoms with Crippen LogP contribution in [0, 0.1) is 0 Å². The number of Topliss-reactive ketones (excluding diaryl/α,β-unsaturated/α-hetero) is 1. The molecule has 0 amide bonds. The summed E-state index contributed by atoms with van der Waals surface area (Å²) in [7, 11) is 0. The third-order valence-electron chi connectivity index (χ3n) is 2.23. The van der Waals surface area contributed by atoms with Crippen molar-refractivity contribution in [3.05, 3.63) is 42.0 Å². The van der Waals surface area contributed by atoms with Gasteiger partial charge in [0.1, 0.15) is 5.75 Å². The molecule has 2 heteroatoms. The molecule has 2 aromatic carbocycles. The summed E-state index contributed by atoms with van der Waals surface area (Å²) in [5.41, 5.74) is 0.697. The Bertz CT molecular complexity index is 501. The molecule has 14 heavy (non-hydrogen) atoms. The number of phenolic OH excluding ortho intramolecular Hbond substituents is 1. The van der Waals surface area contributed by atoms with Crippen LogP contribution in [-0.2, 0) is 0 Å². The number of aromatic hydroxyl groups is 1. The van der Waals surface area contributed by atoms with Gasteiger partial charge in [0.2, 0.25) is 0 Å². The Hall–Kier alpha value is -1.83. The highest BCUT2D eigenvalue weighted by Crippen LogP contribution is 2.21. The number of hydrogen-bond donors (Lipinski definition) is 1. The molecular formula is C12H10O2. The standard InChI is InChI=1S/C12H10O2/c1-8(13)9-2-3-11-7-12(14)5-4-10(11)6-9/h2-7,14H,1H3. The first-order chi connectivity index (χ1) is 6.66. The summed E-state index contributed by atoms with van der Waals surface area (Å²) in [5.74, 6) is 0.299. The Morgan fingerprint density at radius 2 is 1.71 bits per heavy atom. The minimum atomic E-state index is 0.0555. The molecule has 0 bridgehead atoms. The monoisotopic (exact) mass is 186 g/mol. The van der Waals surface area contributed by atoms with Gasteiger partial charge in [-0.3, -0.25) is 4.79 Å². The molecule has 0 radical (unpaired) electrons. The maximum Gasteiger partial charge on any atom is 0.159 e. The molecule has 0 aliphatic heterocycles. The van der Waals surface area contributed by atoms with Gasteiger partial charge in [0.15, 0.2) is 5.78 Å². The first-order valence-electron chi connectivity index (χ1n) is 4.40. The molecule has 0 atom stereocenters. The third kappa shape index (κ3) is 1.46. The van der Waals surface area contributed by atoms with Crippen molar-refractivity contribution in [2.24, 2.45) is 0 Å². The average Bonchev–Trinajstić information content (AvgIpc) is 2.16. The third-order valence-corrected chi connectivity index (χ3v) is 2.23. The Morgan fingerprint density at radius 1 is 1.07 bits per heavy atom. The molecule has 0 heterocycles. The first-order valence-corrected chi connectivity index (χ1v) is 4.40. The summed E-state index contributed by atoms with van der Waals surface area (Å²) < 4.78 is 0. The maximum absolute atomic E-state index is 11.1. The molecular weight excluding hydrogens is 176 g/mol. The van der Waals surface area contributed by atoms with Gasteiger partial charge in [-0.25, -0.2) is 0 Å². The van der Waals surface area contributed by atoms with Gasteiger partial charge in [0.25, 0.3) is 0 Å². The van der Waals surface area contributed by atoms with Crippen LogP contribution in [-0.4, -0.2) is 10.9 Å². The van der Waals surface area contributed by atoms with Crippen LogP contribution in [0.25, 0.3) is 10.8 Å². The summed E-state index contributed by atoms with van der Waals surface area (Å²) in [6.07, 6.45) is 0. The molecule has 0 saturated carbocycles. The van der Waals surface area contributed by atoms with Crippen LogP contribution in [0.5, 0.6) is 5.75 Å². The quantitative estimate of drug-likeness (QED) is 0.695. The number of hydrogen-bond acceptors (Lipinski definition) is 2. The fourth-order valence-corrected chi connectivity index (χ4v) is 1.45. The molecule has 0 aromatic heterocycles. The average molecular weight is 186 g/mol. The molecule has 0 aliphatic carbocycles. The lowest BCUT2D eigenvalue weighted by atomic mass is 10.0. The van der Waals surface area contributed by atoms with E-state index in [9.17, 15) is 9.90 Å². The highest BCUT2D eigenvalue weighted by molar-refractivity contribution is 5.98. The lowest BCUT2D eigenvalue weighted by Crippen LogP contribution is -1.90. The number of phenols is 1. The van der Waals surface area contributed by atoms with Crippen molar-refractivity contribution in [3.8, 4) is 5.75 Å². The second-order valence-electron chi connectivity index (χ2n) is 3.30. The van der Waals surface area contributed by atoms with Gasteiger partial charge in [0.05, 0.1) is 0 Å². The van der Waals surface area contributed by atoms with E-state index < -0.39 is 0 Å². The van der Waals surface area contributed by atoms with Crippen molar-refractivity contribution in [2.45, 2.75) is 6.92 Å². The van der Waals surface area contributed by atoms with Crippen molar-refractivity contribution in [1.82, 2.24) is 0 Å². The molecule has 0 fully saturated rings. The molecule has 2 rings (SSSR count). The zero-order valence-corrected chi connectivity index (χ0v) is 7.82. The Labute approximate surface area is 81.8 Å². The summed E-state index contributed by atoms with van der Waals surface area (Å²) in [5, 5.41) is 11.1. The maximum atomic E-state index is 11.1. The number of carbonyl (C=O) groups is 1. The fourth-order valence-electron chi connectivity index (χ4n) is 1.45. The van der Waals surface area contributed by atoms with Gasteiger partial charge >= 0.3 is 0 Å². The van der Waals surface area contributed by atoms with Crippen LogP contribution in [0.3, 0.4) is 0 Å². The van der Waals surface area contributed by atoms with E-state index in [1.807, 2.05) is 12.1 Å². The van der Waals surface area contributed by atoms with Gasteiger partial charge in [-0.05, 0) is 35.9 Å². The minimum absolute atomic E-state index is 0.0555. The van der Waals surface area contributed by atoms with Crippen LogP contribution in [0.1, 0.15) is 17.3 Å². The summed E-state index contributed by atoms with van der Waals surface area (Å²) in [4.78, 5) is 11.1. The van der Waals surface area contributed by atoms with E-state index in [0.717, 1.165) is 10.8 Å². The Balaban J connectivity index is 2.67. The van der Waals surface area contributed by atoms with E-state index in [0.29, 0.717) is 5.56 Å². The molecule has 0 spiro atoms. The van der Waals surface area contributed by atoms with Crippen molar-refractivity contribution in [2.75, 3.05) is 0 Å². The van der Waals surface area contributed by atoms with Crippen LogP contribution < -0.4 is 0 Å². The molecule has 70 valence electrons. The Morgan fingerprint density at radius 3 is 2.43 bits per heavy atom. The van der Waals surface area contributed by atoms with Crippen LogP contribution in [0.15, 0.2) is 36.4 Å². The first kappa shape index (κ1) is 8.75. The number of fused-ring (bicyclic) bond motifs is 1. The minimum Gasteiger partial charge on any atom is -0.508 e. The predicted octanol–water partition coefficient (Wildman–Crippen LogP) is 2.75. The van der Waals surface area contributed by atoms with Crippen LogP contribution in [0.4, 0.5) is 0 Å². The summed E-state index contributed by atoms with van der Waals surface area (Å²) in [6, 6.07) is 10.5. The van der Waals surface area contributed by atoms with E-state index in [1.54, 1.807) is 31.2 Å². The fraction of sp³-hybridized carbons (Fsp3) is 0.0833. The second-order valence-corrected chi connectivity index (χ2v) is 3.30. The molecule has 2 aromatic rings.